The molecule has 0 aromatic heterocycles. The highest BCUT2D eigenvalue weighted by Gasteiger charge is 2.12. The van der Waals surface area contributed by atoms with Gasteiger partial charge >= 0.3 is 6.03 Å². The molecule has 18 heavy (non-hydrogen) atoms. The number of aliphatic hydroxyl groups is 1. The van der Waals surface area contributed by atoms with E-state index in [4.69, 9.17) is 16.7 Å². The fourth-order valence-corrected chi connectivity index (χ4v) is 2.06. The van der Waals surface area contributed by atoms with E-state index < -0.39 is 0 Å². The first-order valence-electron chi connectivity index (χ1n) is 5.31. The predicted octanol–water partition coefficient (Wildman–Crippen LogP) is 3.11. The normalized spacial score (nSPS) is 9.94. The number of urea groups is 1. The fourth-order valence-electron chi connectivity index (χ4n) is 1.34. The minimum atomic E-state index is -0.326. The Morgan fingerprint density at radius 3 is 2.89 bits per heavy atom. The van der Waals surface area contributed by atoms with Crippen LogP contribution >= 0.6 is 27.5 Å². The average molecular weight is 334 g/mol. The highest BCUT2D eigenvalue weighted by molar-refractivity contribution is 9.10. The largest absolute Gasteiger partial charge is 0.395 e. The van der Waals surface area contributed by atoms with Crippen LogP contribution in [0.4, 0.5) is 10.5 Å². The Hall–Kier alpha value is -1.04. The minimum Gasteiger partial charge on any atom is -0.395 e. The van der Waals surface area contributed by atoms with Gasteiger partial charge in [-0.3, -0.25) is 0 Å². The Bertz CT molecular complexity index is 440. The summed E-state index contributed by atoms with van der Waals surface area (Å²) >= 11 is 9.29. The van der Waals surface area contributed by atoms with Crippen LogP contribution in [-0.4, -0.2) is 35.7 Å². The lowest BCUT2D eigenvalue weighted by molar-refractivity contribution is 0.195. The molecule has 0 heterocycles. The zero-order valence-electron chi connectivity index (χ0n) is 9.70. The third kappa shape index (κ3) is 4.33. The van der Waals surface area contributed by atoms with E-state index >= 15 is 0 Å². The molecule has 98 valence electrons. The van der Waals surface area contributed by atoms with Gasteiger partial charge in [-0.05, 0) is 18.2 Å². The molecule has 0 saturated carbocycles. The van der Waals surface area contributed by atoms with Crippen molar-refractivity contribution in [3.05, 3.63) is 40.3 Å². The molecule has 1 rings (SSSR count). The van der Waals surface area contributed by atoms with Gasteiger partial charge in [0.1, 0.15) is 0 Å². The monoisotopic (exact) mass is 332 g/mol. The van der Waals surface area contributed by atoms with Gasteiger partial charge in [0.05, 0.1) is 17.3 Å². The van der Waals surface area contributed by atoms with E-state index in [1.54, 1.807) is 24.3 Å². The zero-order valence-corrected chi connectivity index (χ0v) is 12.0. The molecule has 0 bridgehead atoms. The molecule has 0 spiro atoms. The van der Waals surface area contributed by atoms with Crippen molar-refractivity contribution < 1.29 is 9.90 Å². The van der Waals surface area contributed by atoms with Crippen molar-refractivity contribution in [3.8, 4) is 0 Å². The number of carbonyl (C=O) groups is 1. The van der Waals surface area contributed by atoms with Crippen molar-refractivity contribution >= 4 is 39.2 Å². The van der Waals surface area contributed by atoms with E-state index in [1.165, 1.54) is 4.90 Å². The second-order valence-corrected chi connectivity index (χ2v) is 4.84. The van der Waals surface area contributed by atoms with Gasteiger partial charge in [-0.2, -0.15) is 0 Å². The minimum absolute atomic E-state index is 0.102. The molecular formula is C12H14BrClN2O2. The molecule has 0 saturated heterocycles. The van der Waals surface area contributed by atoms with E-state index in [1.807, 2.05) is 0 Å². The van der Waals surface area contributed by atoms with Crippen molar-refractivity contribution in [2.75, 3.05) is 25.0 Å². The number of aliphatic hydroxyl groups excluding tert-OH is 1. The van der Waals surface area contributed by atoms with Crippen molar-refractivity contribution in [3.63, 3.8) is 0 Å². The third-order valence-corrected chi connectivity index (χ3v) is 2.99. The first-order chi connectivity index (χ1) is 8.58. The highest BCUT2D eigenvalue weighted by Crippen LogP contribution is 2.25. The Balaban J connectivity index is 2.75. The summed E-state index contributed by atoms with van der Waals surface area (Å²) in [7, 11) is 0. The first kappa shape index (κ1) is 15.0. The molecule has 1 aromatic carbocycles. The lowest BCUT2D eigenvalue weighted by atomic mass is 10.3. The van der Waals surface area contributed by atoms with Crippen LogP contribution in [0.1, 0.15) is 0 Å². The first-order valence-corrected chi connectivity index (χ1v) is 6.48. The number of anilines is 1. The van der Waals surface area contributed by atoms with Gasteiger partial charge in [-0.15, -0.1) is 6.58 Å². The maximum atomic E-state index is 11.9. The second kappa shape index (κ2) is 7.41. The SMILES string of the molecule is C=CCN(CCO)C(=O)Nc1ccc(Br)cc1Cl. The fraction of sp³-hybridized carbons (Fsp3) is 0.250. The smallest absolute Gasteiger partial charge is 0.322 e. The number of hydrogen-bond donors (Lipinski definition) is 2. The summed E-state index contributed by atoms with van der Waals surface area (Å²) in [6.07, 6.45) is 1.60. The molecule has 0 aliphatic heterocycles. The maximum Gasteiger partial charge on any atom is 0.322 e. The van der Waals surface area contributed by atoms with Crippen LogP contribution in [0.2, 0.25) is 5.02 Å². The van der Waals surface area contributed by atoms with Gasteiger partial charge in [-0.1, -0.05) is 33.6 Å². The Morgan fingerprint density at radius 1 is 1.61 bits per heavy atom. The quantitative estimate of drug-likeness (QED) is 0.814. The topological polar surface area (TPSA) is 52.6 Å². The molecule has 6 heteroatoms. The van der Waals surface area contributed by atoms with E-state index in [9.17, 15) is 4.79 Å². The molecule has 2 N–H and O–H groups in total. The van der Waals surface area contributed by atoms with Gasteiger partial charge in [0.25, 0.3) is 0 Å². The van der Waals surface area contributed by atoms with Crippen molar-refractivity contribution in [1.29, 1.82) is 0 Å². The molecule has 0 radical (unpaired) electrons. The van der Waals surface area contributed by atoms with E-state index in [2.05, 4.69) is 27.8 Å². The number of halogens is 2. The molecule has 0 unspecified atom stereocenters. The summed E-state index contributed by atoms with van der Waals surface area (Å²) in [5, 5.41) is 12.0. The van der Waals surface area contributed by atoms with E-state index in [-0.39, 0.29) is 19.2 Å². The highest BCUT2D eigenvalue weighted by atomic mass is 79.9. The van der Waals surface area contributed by atoms with Gasteiger partial charge in [-0.25, -0.2) is 4.79 Å². The lowest BCUT2D eigenvalue weighted by Crippen LogP contribution is -2.37. The lowest BCUT2D eigenvalue weighted by Gasteiger charge is -2.20. The summed E-state index contributed by atoms with van der Waals surface area (Å²) in [5.74, 6) is 0. The van der Waals surface area contributed by atoms with Crippen molar-refractivity contribution in [2.45, 2.75) is 0 Å². The van der Waals surface area contributed by atoms with Crippen LogP contribution in [0.25, 0.3) is 0 Å². The molecule has 0 atom stereocenters. The van der Waals surface area contributed by atoms with Gasteiger partial charge in [0.15, 0.2) is 0 Å². The molecule has 4 nitrogen and oxygen atoms in total. The van der Waals surface area contributed by atoms with Crippen LogP contribution in [0.15, 0.2) is 35.3 Å². The van der Waals surface area contributed by atoms with Crippen LogP contribution in [0, 0.1) is 0 Å². The number of hydrogen-bond acceptors (Lipinski definition) is 2. The van der Waals surface area contributed by atoms with Crippen LogP contribution in [-0.2, 0) is 0 Å². The van der Waals surface area contributed by atoms with Gasteiger partial charge in [0.2, 0.25) is 0 Å². The van der Waals surface area contributed by atoms with Crippen molar-refractivity contribution in [2.24, 2.45) is 0 Å². The number of benzene rings is 1. The zero-order chi connectivity index (χ0) is 13.5. The third-order valence-electron chi connectivity index (χ3n) is 2.18. The van der Waals surface area contributed by atoms with E-state index in [0.717, 1.165) is 4.47 Å². The summed E-state index contributed by atoms with van der Waals surface area (Å²) in [6.45, 7) is 4.07. The summed E-state index contributed by atoms with van der Waals surface area (Å²) in [6, 6.07) is 4.86. The number of rotatable bonds is 5. The van der Waals surface area contributed by atoms with Gasteiger partial charge in [0, 0.05) is 17.6 Å². The summed E-state index contributed by atoms with van der Waals surface area (Å²) in [5.41, 5.74) is 0.525. The standard InChI is InChI=1S/C12H14BrClN2O2/c1-2-5-16(6-7-17)12(18)15-11-4-3-9(13)8-10(11)14/h2-4,8,17H,1,5-7H2,(H,15,18). The molecule has 0 aliphatic rings. The van der Waals surface area contributed by atoms with Crippen LogP contribution in [0.3, 0.4) is 0 Å². The molecular weight excluding hydrogens is 320 g/mol. The Morgan fingerprint density at radius 2 is 2.33 bits per heavy atom. The van der Waals surface area contributed by atoms with Gasteiger partial charge < -0.3 is 15.3 Å². The molecule has 2 amide bonds. The maximum absolute atomic E-state index is 11.9. The summed E-state index contributed by atoms with van der Waals surface area (Å²) < 4.78 is 0.837. The molecule has 1 aromatic rings. The number of nitrogens with one attached hydrogen (secondary N) is 1. The Kier molecular flexibility index (Phi) is 6.18. The molecule has 0 aliphatic carbocycles. The average Bonchev–Trinajstić information content (AvgIpc) is 2.32. The number of amides is 2. The van der Waals surface area contributed by atoms with Crippen LogP contribution < -0.4 is 5.32 Å². The summed E-state index contributed by atoms with van der Waals surface area (Å²) in [4.78, 5) is 13.4. The number of nitrogens with zero attached hydrogens (tertiary/aromatic N) is 1. The molecule has 0 fully saturated rings. The number of carbonyl (C=O) groups excluding carboxylic acids is 1. The second-order valence-electron chi connectivity index (χ2n) is 3.51. The Labute approximate surface area is 119 Å². The van der Waals surface area contributed by atoms with Crippen molar-refractivity contribution in [1.82, 2.24) is 4.90 Å². The predicted molar refractivity (Wildman–Crippen MR) is 77.0 cm³/mol. The van der Waals surface area contributed by atoms with E-state index in [0.29, 0.717) is 17.3 Å². The van der Waals surface area contributed by atoms with Crippen LogP contribution in [0.5, 0.6) is 0 Å².